The number of nitrogens with zero attached hydrogens (tertiary/aromatic N) is 1. The first kappa shape index (κ1) is 15.4. The molecule has 0 aliphatic rings. The lowest BCUT2D eigenvalue weighted by Crippen LogP contribution is -2.39. The molecule has 1 N–H and O–H groups in total. The van der Waals surface area contributed by atoms with Crippen LogP contribution in [0.1, 0.15) is 24.2 Å². The van der Waals surface area contributed by atoms with Crippen molar-refractivity contribution < 1.29 is 23.4 Å². The van der Waals surface area contributed by atoms with Gasteiger partial charge in [-0.1, -0.05) is 12.1 Å². The zero-order valence-corrected chi connectivity index (χ0v) is 11.1. The minimum atomic E-state index is -2.99. The summed E-state index contributed by atoms with van der Waals surface area (Å²) in [6, 6.07) is 5.77. The third-order valence-corrected chi connectivity index (χ3v) is 2.30. The quantitative estimate of drug-likeness (QED) is 0.894. The molecule has 0 aromatic heterocycles. The summed E-state index contributed by atoms with van der Waals surface area (Å²) in [5.41, 5.74) is -1.03. The van der Waals surface area contributed by atoms with Crippen LogP contribution >= 0.6 is 0 Å². The monoisotopic (exact) mass is 273 g/mol. The summed E-state index contributed by atoms with van der Waals surface area (Å²) in [6.07, 6.45) is 0. The lowest BCUT2D eigenvalue weighted by Gasteiger charge is -2.26. The largest absolute Gasteiger partial charge is 0.434 e. The number of rotatable bonds is 5. The van der Waals surface area contributed by atoms with E-state index in [-0.39, 0.29) is 17.9 Å². The highest BCUT2D eigenvalue weighted by atomic mass is 19.3. The van der Waals surface area contributed by atoms with E-state index in [0.29, 0.717) is 0 Å². The van der Waals surface area contributed by atoms with Crippen molar-refractivity contribution in [1.82, 2.24) is 4.90 Å². The zero-order chi connectivity index (χ0) is 14.6. The molecule has 6 heteroatoms. The van der Waals surface area contributed by atoms with Crippen LogP contribution in [0.5, 0.6) is 5.75 Å². The summed E-state index contributed by atoms with van der Waals surface area (Å²) in [4.78, 5) is 13.4. The first-order chi connectivity index (χ1) is 8.70. The number of halogens is 2. The van der Waals surface area contributed by atoms with Gasteiger partial charge < -0.3 is 14.7 Å². The van der Waals surface area contributed by atoms with Gasteiger partial charge >= 0.3 is 6.61 Å². The molecule has 1 amide bonds. The smallest absolute Gasteiger partial charge is 0.387 e. The normalized spacial score (nSPS) is 11.5. The highest BCUT2D eigenvalue weighted by Crippen LogP contribution is 2.22. The molecule has 0 radical (unpaired) electrons. The summed E-state index contributed by atoms with van der Waals surface area (Å²) < 4.78 is 28.8. The Morgan fingerprint density at radius 1 is 1.42 bits per heavy atom. The van der Waals surface area contributed by atoms with Gasteiger partial charge in [0.2, 0.25) is 0 Å². The second kappa shape index (κ2) is 5.97. The number of ether oxygens (including phenoxy) is 1. The average Bonchev–Trinajstić information content (AvgIpc) is 2.25. The van der Waals surface area contributed by atoms with Crippen molar-refractivity contribution in [3.05, 3.63) is 29.8 Å². The number of alkyl halides is 2. The molecule has 0 heterocycles. The molecule has 1 aromatic carbocycles. The minimum Gasteiger partial charge on any atom is -0.434 e. The van der Waals surface area contributed by atoms with Crippen LogP contribution in [-0.4, -0.2) is 41.7 Å². The number of carbonyl (C=O) groups excluding carboxylic acids is 1. The van der Waals surface area contributed by atoms with Crippen molar-refractivity contribution in [2.45, 2.75) is 26.1 Å². The molecule has 0 bridgehead atoms. The van der Waals surface area contributed by atoms with Crippen molar-refractivity contribution >= 4 is 5.91 Å². The van der Waals surface area contributed by atoms with E-state index in [1.807, 2.05) is 0 Å². The standard InChI is InChI=1S/C13H17F2NO3/c1-13(2,18)8-16(3)11(17)9-6-4-5-7-10(9)19-12(14)15/h4-7,12,18H,8H2,1-3H3. The topological polar surface area (TPSA) is 49.8 Å². The van der Waals surface area contributed by atoms with Gasteiger partial charge in [0.15, 0.2) is 0 Å². The lowest BCUT2D eigenvalue weighted by atomic mass is 10.1. The zero-order valence-electron chi connectivity index (χ0n) is 11.1. The molecule has 106 valence electrons. The Kier molecular flexibility index (Phi) is 4.83. The van der Waals surface area contributed by atoms with Crippen LogP contribution in [0.25, 0.3) is 0 Å². The van der Waals surface area contributed by atoms with E-state index in [1.165, 1.54) is 30.1 Å². The van der Waals surface area contributed by atoms with Crippen LogP contribution in [0.4, 0.5) is 8.78 Å². The van der Waals surface area contributed by atoms with Crippen LogP contribution in [-0.2, 0) is 0 Å². The Bertz CT molecular complexity index is 444. The molecule has 1 rings (SSSR count). The third-order valence-electron chi connectivity index (χ3n) is 2.30. The van der Waals surface area contributed by atoms with E-state index < -0.39 is 18.1 Å². The average molecular weight is 273 g/mol. The lowest BCUT2D eigenvalue weighted by molar-refractivity contribution is -0.0503. The summed E-state index contributed by atoms with van der Waals surface area (Å²) in [6.45, 7) is 0.194. The molecule has 0 atom stereocenters. The molecule has 0 unspecified atom stereocenters. The first-order valence-corrected chi connectivity index (χ1v) is 5.72. The predicted octanol–water partition coefficient (Wildman–Crippen LogP) is 2.13. The Hall–Kier alpha value is -1.69. The molecule has 0 aliphatic heterocycles. The fourth-order valence-electron chi connectivity index (χ4n) is 1.70. The summed E-state index contributed by atoms with van der Waals surface area (Å²) in [7, 11) is 1.49. The summed E-state index contributed by atoms with van der Waals surface area (Å²) >= 11 is 0. The Morgan fingerprint density at radius 2 is 2.00 bits per heavy atom. The molecule has 0 spiro atoms. The van der Waals surface area contributed by atoms with Crippen molar-refractivity contribution in [1.29, 1.82) is 0 Å². The Morgan fingerprint density at radius 3 is 2.53 bits per heavy atom. The van der Waals surface area contributed by atoms with Gasteiger partial charge in [0.1, 0.15) is 5.75 Å². The van der Waals surface area contributed by atoms with E-state index in [0.717, 1.165) is 0 Å². The van der Waals surface area contributed by atoms with Gasteiger partial charge in [-0.25, -0.2) is 0 Å². The Balaban J connectivity index is 2.93. The van der Waals surface area contributed by atoms with E-state index in [9.17, 15) is 18.7 Å². The number of hydrogen-bond acceptors (Lipinski definition) is 3. The van der Waals surface area contributed by atoms with E-state index >= 15 is 0 Å². The minimum absolute atomic E-state index is 0.0366. The van der Waals surface area contributed by atoms with Crippen LogP contribution < -0.4 is 4.74 Å². The molecule has 4 nitrogen and oxygen atoms in total. The van der Waals surface area contributed by atoms with Crippen LogP contribution in [0, 0.1) is 0 Å². The predicted molar refractivity (Wildman–Crippen MR) is 66.3 cm³/mol. The van der Waals surface area contributed by atoms with Gasteiger partial charge in [-0.05, 0) is 26.0 Å². The molecule has 0 saturated carbocycles. The van der Waals surface area contributed by atoms with Gasteiger partial charge in [0.25, 0.3) is 5.91 Å². The first-order valence-electron chi connectivity index (χ1n) is 5.72. The third kappa shape index (κ3) is 4.82. The molecule has 0 saturated heterocycles. The maximum Gasteiger partial charge on any atom is 0.387 e. The van der Waals surface area contributed by atoms with Gasteiger partial charge in [-0.15, -0.1) is 0 Å². The summed E-state index contributed by atoms with van der Waals surface area (Å²) in [5, 5.41) is 9.65. The molecule has 0 aliphatic carbocycles. The second-order valence-electron chi connectivity index (χ2n) is 4.85. The fourth-order valence-corrected chi connectivity index (χ4v) is 1.70. The maximum atomic E-state index is 12.2. The van der Waals surface area contributed by atoms with Gasteiger partial charge in [-0.3, -0.25) is 4.79 Å². The number of benzene rings is 1. The van der Waals surface area contributed by atoms with Crippen molar-refractivity contribution in [2.24, 2.45) is 0 Å². The fraction of sp³-hybridized carbons (Fsp3) is 0.462. The van der Waals surface area contributed by atoms with Crippen molar-refractivity contribution in [3.63, 3.8) is 0 Å². The van der Waals surface area contributed by atoms with E-state index in [2.05, 4.69) is 4.74 Å². The Labute approximate surface area is 110 Å². The highest BCUT2D eigenvalue weighted by molar-refractivity contribution is 5.96. The van der Waals surface area contributed by atoms with Crippen LogP contribution in [0.2, 0.25) is 0 Å². The number of carbonyl (C=O) groups is 1. The SMILES string of the molecule is CN(CC(C)(C)O)C(=O)c1ccccc1OC(F)F. The number of para-hydroxylation sites is 1. The highest BCUT2D eigenvalue weighted by Gasteiger charge is 2.23. The summed E-state index contributed by atoms with van der Waals surface area (Å²) in [5.74, 6) is -0.663. The maximum absolute atomic E-state index is 12.2. The van der Waals surface area contributed by atoms with E-state index in [4.69, 9.17) is 0 Å². The molecule has 1 aromatic rings. The molecule has 0 fully saturated rings. The molecule has 19 heavy (non-hydrogen) atoms. The number of hydrogen-bond donors (Lipinski definition) is 1. The second-order valence-corrected chi connectivity index (χ2v) is 4.85. The van der Waals surface area contributed by atoms with Crippen molar-refractivity contribution in [2.75, 3.05) is 13.6 Å². The molecular formula is C13H17F2NO3. The van der Waals surface area contributed by atoms with E-state index in [1.54, 1.807) is 19.9 Å². The van der Waals surface area contributed by atoms with Gasteiger partial charge in [0.05, 0.1) is 11.2 Å². The van der Waals surface area contributed by atoms with Crippen LogP contribution in [0.15, 0.2) is 24.3 Å². The van der Waals surface area contributed by atoms with Gasteiger partial charge in [-0.2, -0.15) is 8.78 Å². The number of likely N-dealkylation sites (N-methyl/N-ethyl adjacent to an activating group) is 1. The molecular weight excluding hydrogens is 256 g/mol. The van der Waals surface area contributed by atoms with Crippen LogP contribution in [0.3, 0.4) is 0 Å². The van der Waals surface area contributed by atoms with Gasteiger partial charge in [0, 0.05) is 13.6 Å². The number of aliphatic hydroxyl groups is 1. The van der Waals surface area contributed by atoms with Crippen molar-refractivity contribution in [3.8, 4) is 5.75 Å². The number of amides is 1.